The number of ether oxygens (including phenoxy) is 2. The number of hydrogen-bond donors (Lipinski definition) is 2. The van der Waals surface area contributed by atoms with Crippen LogP contribution in [0.4, 0.5) is 11.4 Å². The summed E-state index contributed by atoms with van der Waals surface area (Å²) in [5.41, 5.74) is 8.08. The van der Waals surface area contributed by atoms with Gasteiger partial charge >= 0.3 is 0 Å². The molecule has 0 bridgehead atoms. The molecule has 8 heteroatoms. The Morgan fingerprint density at radius 1 is 1.06 bits per heavy atom. The SMILES string of the molecule is COc1cc(NNC(=O)[C@@H]2CC(=O)N(c3ccc(Br)cc3)C2)ccc1OCc1ccccc1. The maximum Gasteiger partial charge on any atom is 0.243 e. The van der Waals surface area contributed by atoms with E-state index in [2.05, 4.69) is 26.8 Å². The highest BCUT2D eigenvalue weighted by Gasteiger charge is 2.35. The van der Waals surface area contributed by atoms with Crippen molar-refractivity contribution in [2.24, 2.45) is 5.92 Å². The van der Waals surface area contributed by atoms with Crippen LogP contribution in [0.25, 0.3) is 0 Å². The topological polar surface area (TPSA) is 79.9 Å². The highest BCUT2D eigenvalue weighted by Crippen LogP contribution is 2.31. The molecule has 3 aromatic carbocycles. The van der Waals surface area contributed by atoms with Crippen molar-refractivity contribution in [1.82, 2.24) is 5.43 Å². The maximum atomic E-state index is 12.7. The van der Waals surface area contributed by atoms with E-state index < -0.39 is 5.92 Å². The Hall–Kier alpha value is -3.52. The molecule has 170 valence electrons. The normalized spacial score (nSPS) is 15.3. The van der Waals surface area contributed by atoms with Crippen molar-refractivity contribution in [3.63, 3.8) is 0 Å². The summed E-state index contributed by atoms with van der Waals surface area (Å²) >= 11 is 3.39. The Labute approximate surface area is 200 Å². The third kappa shape index (κ3) is 5.64. The fourth-order valence-corrected chi connectivity index (χ4v) is 3.85. The summed E-state index contributed by atoms with van der Waals surface area (Å²) < 4.78 is 12.2. The Morgan fingerprint density at radius 3 is 2.55 bits per heavy atom. The average Bonchev–Trinajstić information content (AvgIpc) is 3.24. The second kappa shape index (κ2) is 10.4. The van der Waals surface area contributed by atoms with Gasteiger partial charge in [0.25, 0.3) is 0 Å². The predicted octanol–water partition coefficient (Wildman–Crippen LogP) is 4.53. The lowest BCUT2D eigenvalue weighted by Gasteiger charge is -2.17. The number of benzene rings is 3. The minimum absolute atomic E-state index is 0.0703. The molecule has 2 N–H and O–H groups in total. The number of anilines is 2. The highest BCUT2D eigenvalue weighted by atomic mass is 79.9. The molecule has 1 atom stereocenters. The molecule has 7 nitrogen and oxygen atoms in total. The lowest BCUT2D eigenvalue weighted by molar-refractivity contribution is -0.125. The lowest BCUT2D eigenvalue weighted by atomic mass is 10.1. The second-order valence-electron chi connectivity index (χ2n) is 7.64. The molecule has 0 aromatic heterocycles. The van der Waals surface area contributed by atoms with Gasteiger partial charge in [-0.25, -0.2) is 0 Å². The number of methoxy groups -OCH3 is 1. The summed E-state index contributed by atoms with van der Waals surface area (Å²) in [5.74, 6) is 0.391. The number of nitrogens with zero attached hydrogens (tertiary/aromatic N) is 1. The molecule has 0 radical (unpaired) electrons. The van der Waals surface area contributed by atoms with E-state index in [0.29, 0.717) is 30.3 Å². The number of hydrazine groups is 1. The first-order chi connectivity index (χ1) is 16.0. The van der Waals surface area contributed by atoms with Gasteiger partial charge in [-0.15, -0.1) is 0 Å². The van der Waals surface area contributed by atoms with Crippen molar-refractivity contribution in [3.05, 3.63) is 82.8 Å². The van der Waals surface area contributed by atoms with E-state index in [-0.39, 0.29) is 18.2 Å². The fourth-order valence-electron chi connectivity index (χ4n) is 3.59. The van der Waals surface area contributed by atoms with Crippen LogP contribution in [0.1, 0.15) is 12.0 Å². The quantitative estimate of drug-likeness (QED) is 0.436. The zero-order valence-corrected chi connectivity index (χ0v) is 19.7. The van der Waals surface area contributed by atoms with Gasteiger partial charge in [-0.1, -0.05) is 46.3 Å². The first-order valence-electron chi connectivity index (χ1n) is 10.5. The van der Waals surface area contributed by atoms with E-state index in [0.717, 1.165) is 15.7 Å². The summed E-state index contributed by atoms with van der Waals surface area (Å²) in [6.45, 7) is 0.759. The minimum atomic E-state index is -0.441. The second-order valence-corrected chi connectivity index (χ2v) is 8.55. The molecule has 1 heterocycles. The zero-order chi connectivity index (χ0) is 23.2. The van der Waals surface area contributed by atoms with Crippen LogP contribution in [0.2, 0.25) is 0 Å². The molecule has 0 unspecified atom stereocenters. The summed E-state index contributed by atoms with van der Waals surface area (Å²) in [6.07, 6.45) is 0.166. The number of nitrogens with one attached hydrogen (secondary N) is 2. The number of amides is 2. The Morgan fingerprint density at radius 2 is 1.82 bits per heavy atom. The smallest absolute Gasteiger partial charge is 0.243 e. The summed E-state index contributed by atoms with van der Waals surface area (Å²) in [7, 11) is 1.56. The molecule has 2 amide bonds. The first-order valence-corrected chi connectivity index (χ1v) is 11.3. The Kier molecular flexibility index (Phi) is 7.14. The van der Waals surface area contributed by atoms with Crippen molar-refractivity contribution in [2.45, 2.75) is 13.0 Å². The molecule has 1 fully saturated rings. The van der Waals surface area contributed by atoms with E-state index >= 15 is 0 Å². The summed E-state index contributed by atoms with van der Waals surface area (Å²) in [5, 5.41) is 0. The number of carbonyl (C=O) groups is 2. The van der Waals surface area contributed by atoms with Crippen LogP contribution in [0.5, 0.6) is 11.5 Å². The molecule has 3 aromatic rings. The van der Waals surface area contributed by atoms with Gasteiger partial charge in [0, 0.05) is 29.2 Å². The maximum absolute atomic E-state index is 12.7. The van der Waals surface area contributed by atoms with Gasteiger partial charge in [0.1, 0.15) is 6.61 Å². The van der Waals surface area contributed by atoms with Crippen molar-refractivity contribution in [1.29, 1.82) is 0 Å². The molecule has 0 aliphatic carbocycles. The first kappa shape index (κ1) is 22.7. The monoisotopic (exact) mass is 509 g/mol. The van der Waals surface area contributed by atoms with Gasteiger partial charge < -0.3 is 14.4 Å². The zero-order valence-electron chi connectivity index (χ0n) is 18.1. The average molecular weight is 510 g/mol. The van der Waals surface area contributed by atoms with Crippen LogP contribution < -0.4 is 25.2 Å². The van der Waals surface area contributed by atoms with E-state index in [1.54, 1.807) is 30.2 Å². The van der Waals surface area contributed by atoms with Crippen molar-refractivity contribution < 1.29 is 19.1 Å². The molecule has 4 rings (SSSR count). The van der Waals surface area contributed by atoms with Gasteiger partial charge in [0.05, 0.1) is 18.7 Å². The van der Waals surface area contributed by atoms with E-state index in [1.165, 1.54) is 0 Å². The molecule has 1 aliphatic heterocycles. The van der Waals surface area contributed by atoms with Crippen LogP contribution in [0, 0.1) is 5.92 Å². The molecule has 0 saturated carbocycles. The Bertz CT molecular complexity index is 1120. The molecular weight excluding hydrogens is 486 g/mol. The predicted molar refractivity (Wildman–Crippen MR) is 130 cm³/mol. The van der Waals surface area contributed by atoms with Crippen LogP contribution in [0.3, 0.4) is 0 Å². The van der Waals surface area contributed by atoms with Gasteiger partial charge in [-0.2, -0.15) is 0 Å². The van der Waals surface area contributed by atoms with E-state index in [1.807, 2.05) is 54.6 Å². The molecule has 1 saturated heterocycles. The molecule has 0 spiro atoms. The van der Waals surface area contributed by atoms with Crippen LogP contribution in [-0.2, 0) is 16.2 Å². The number of hydrogen-bond acceptors (Lipinski definition) is 5. The lowest BCUT2D eigenvalue weighted by Crippen LogP contribution is -2.36. The van der Waals surface area contributed by atoms with Crippen LogP contribution in [0.15, 0.2) is 77.3 Å². The minimum Gasteiger partial charge on any atom is -0.493 e. The number of rotatable bonds is 8. The summed E-state index contributed by atoms with van der Waals surface area (Å²) in [4.78, 5) is 26.7. The van der Waals surface area contributed by atoms with Gasteiger partial charge in [-0.3, -0.25) is 20.4 Å². The van der Waals surface area contributed by atoms with E-state index in [9.17, 15) is 9.59 Å². The third-order valence-electron chi connectivity index (χ3n) is 5.36. The Balaban J connectivity index is 1.33. The molecular formula is C25H24BrN3O4. The van der Waals surface area contributed by atoms with Crippen molar-refractivity contribution in [3.8, 4) is 11.5 Å². The van der Waals surface area contributed by atoms with Gasteiger partial charge in [-0.05, 0) is 42.0 Å². The largest absolute Gasteiger partial charge is 0.493 e. The van der Waals surface area contributed by atoms with E-state index in [4.69, 9.17) is 9.47 Å². The van der Waals surface area contributed by atoms with Crippen molar-refractivity contribution >= 4 is 39.1 Å². The standard InChI is InChI=1S/C25H24BrN3O4/c1-32-23-14-20(9-12-22(23)33-16-17-5-3-2-4-6-17)27-28-25(31)18-13-24(30)29(15-18)21-10-7-19(26)8-11-21/h2-12,14,18,27H,13,15-16H2,1H3,(H,28,31)/t18-/m1/s1. The van der Waals surface area contributed by atoms with Gasteiger partial charge in [0.2, 0.25) is 11.8 Å². The van der Waals surface area contributed by atoms with Crippen LogP contribution >= 0.6 is 15.9 Å². The third-order valence-corrected chi connectivity index (χ3v) is 5.89. The number of carbonyl (C=O) groups excluding carboxylic acids is 2. The molecule has 33 heavy (non-hydrogen) atoms. The molecule has 1 aliphatic rings. The fraction of sp³-hybridized carbons (Fsp3) is 0.200. The van der Waals surface area contributed by atoms with Crippen molar-refractivity contribution in [2.75, 3.05) is 24.0 Å². The van der Waals surface area contributed by atoms with Crippen LogP contribution in [-0.4, -0.2) is 25.5 Å². The number of halogens is 1. The van der Waals surface area contributed by atoms with Gasteiger partial charge in [0.15, 0.2) is 11.5 Å². The highest BCUT2D eigenvalue weighted by molar-refractivity contribution is 9.10. The summed E-state index contributed by atoms with van der Waals surface area (Å²) in [6, 6.07) is 22.6.